The van der Waals surface area contributed by atoms with Gasteiger partial charge in [0.2, 0.25) is 0 Å². The lowest BCUT2D eigenvalue weighted by Crippen LogP contribution is -2.56. The summed E-state index contributed by atoms with van der Waals surface area (Å²) in [6.07, 6.45) is 2.20. The number of carbonyl (C=O) groups is 2. The summed E-state index contributed by atoms with van der Waals surface area (Å²) < 4.78 is 5.25. The van der Waals surface area contributed by atoms with E-state index in [4.69, 9.17) is 10.5 Å². The smallest absolute Gasteiger partial charge is 0.332 e. The van der Waals surface area contributed by atoms with Crippen LogP contribution in [0.25, 0.3) is 10.9 Å². The van der Waals surface area contributed by atoms with Crippen molar-refractivity contribution in [2.75, 3.05) is 20.7 Å². The number of aromatic nitrogens is 1. The highest BCUT2D eigenvalue weighted by atomic mass is 16.5. The van der Waals surface area contributed by atoms with E-state index in [9.17, 15) is 9.59 Å². The minimum Gasteiger partial charge on any atom is -0.469 e. The van der Waals surface area contributed by atoms with Crippen LogP contribution in [-0.4, -0.2) is 54.3 Å². The van der Waals surface area contributed by atoms with Gasteiger partial charge in [-0.3, -0.25) is 4.79 Å². The lowest BCUT2D eigenvalue weighted by molar-refractivity contribution is -0.154. The Bertz CT molecular complexity index is 998. The number of esters is 1. The number of nitrogens with two attached hydrogens (primary N) is 1. The second-order valence-electron chi connectivity index (χ2n) is 8.35. The number of aromatic amines is 1. The second kappa shape index (κ2) is 8.10. The molecule has 2 aromatic rings. The second-order valence-corrected chi connectivity index (χ2v) is 8.35. The fraction of sp³-hybridized carbons (Fsp3) is 0.500. The van der Waals surface area contributed by atoms with Crippen LogP contribution in [0.2, 0.25) is 0 Å². The molecular weight excluding hydrogens is 382 g/mol. The SMILES string of the molecule is CC[C@H]1CN(C)[C@H]2Cc3c([nH]c4ccccc34)/C(=N/NC(N)=O)C[C@H]1[C@@H]2C(=O)OC. The number of amides is 2. The number of H-pyrrole nitrogens is 1. The van der Waals surface area contributed by atoms with Crippen LogP contribution < -0.4 is 11.2 Å². The highest BCUT2D eigenvalue weighted by Gasteiger charge is 2.48. The number of para-hydroxylation sites is 1. The number of methoxy groups -OCH3 is 1. The van der Waals surface area contributed by atoms with Gasteiger partial charge in [0.25, 0.3) is 0 Å². The van der Waals surface area contributed by atoms with Crippen molar-refractivity contribution < 1.29 is 14.3 Å². The van der Waals surface area contributed by atoms with Gasteiger partial charge in [0.1, 0.15) is 0 Å². The number of urea groups is 1. The number of likely N-dealkylation sites (tertiary alicyclic amines) is 1. The summed E-state index contributed by atoms with van der Waals surface area (Å²) in [5.41, 5.74) is 11.4. The van der Waals surface area contributed by atoms with Crippen LogP contribution in [0.3, 0.4) is 0 Å². The average Bonchev–Trinajstić information content (AvgIpc) is 3.09. The summed E-state index contributed by atoms with van der Waals surface area (Å²) in [4.78, 5) is 30.1. The van der Waals surface area contributed by atoms with E-state index in [1.54, 1.807) is 0 Å². The molecule has 2 bridgehead atoms. The van der Waals surface area contributed by atoms with E-state index in [0.29, 0.717) is 18.8 Å². The van der Waals surface area contributed by atoms with Crippen molar-refractivity contribution in [2.24, 2.45) is 28.6 Å². The third kappa shape index (κ3) is 3.45. The van der Waals surface area contributed by atoms with Gasteiger partial charge in [0.05, 0.1) is 24.4 Å². The monoisotopic (exact) mass is 411 g/mol. The molecule has 2 aliphatic rings. The Kier molecular flexibility index (Phi) is 5.51. The van der Waals surface area contributed by atoms with E-state index in [1.807, 2.05) is 18.2 Å². The van der Waals surface area contributed by atoms with Gasteiger partial charge in [-0.05, 0) is 43.4 Å². The summed E-state index contributed by atoms with van der Waals surface area (Å²) >= 11 is 0. The number of nitrogens with zero attached hydrogens (tertiary/aromatic N) is 2. The molecule has 30 heavy (non-hydrogen) atoms. The number of rotatable bonds is 3. The first kappa shape index (κ1) is 20.4. The number of fused-ring (bicyclic) bond motifs is 5. The van der Waals surface area contributed by atoms with Crippen molar-refractivity contribution in [3.63, 3.8) is 0 Å². The van der Waals surface area contributed by atoms with Gasteiger partial charge in [0, 0.05) is 23.5 Å². The average molecular weight is 412 g/mol. The molecule has 2 amide bonds. The number of benzene rings is 1. The molecule has 0 saturated carbocycles. The lowest BCUT2D eigenvalue weighted by Gasteiger charge is -2.48. The van der Waals surface area contributed by atoms with Crippen LogP contribution >= 0.6 is 0 Å². The summed E-state index contributed by atoms with van der Waals surface area (Å²) in [5, 5.41) is 5.47. The summed E-state index contributed by atoms with van der Waals surface area (Å²) in [5.74, 6) is -0.0588. The molecule has 0 radical (unpaired) electrons. The number of carbonyl (C=O) groups excluding carboxylic acids is 2. The largest absolute Gasteiger partial charge is 0.469 e. The van der Waals surface area contributed by atoms with Crippen molar-refractivity contribution in [3.8, 4) is 0 Å². The summed E-state index contributed by atoms with van der Waals surface area (Å²) in [6, 6.07) is 7.43. The van der Waals surface area contributed by atoms with Crippen molar-refractivity contribution in [2.45, 2.75) is 32.2 Å². The number of hydrogen-bond acceptors (Lipinski definition) is 5. The van der Waals surface area contributed by atoms with Gasteiger partial charge >= 0.3 is 12.0 Å². The van der Waals surface area contributed by atoms with Crippen LogP contribution in [0.4, 0.5) is 4.79 Å². The third-order valence-electron chi connectivity index (χ3n) is 6.81. The molecule has 4 atom stereocenters. The maximum absolute atomic E-state index is 13.0. The molecule has 0 unspecified atom stereocenters. The van der Waals surface area contributed by atoms with Gasteiger partial charge in [-0.15, -0.1) is 0 Å². The number of hydrogen-bond donors (Lipinski definition) is 3. The van der Waals surface area contributed by atoms with Gasteiger partial charge in [-0.1, -0.05) is 31.5 Å². The molecule has 1 aromatic heterocycles. The molecule has 1 aliphatic carbocycles. The van der Waals surface area contributed by atoms with Crippen LogP contribution in [-0.2, 0) is 16.0 Å². The number of primary amides is 1. The maximum Gasteiger partial charge on any atom is 0.332 e. The van der Waals surface area contributed by atoms with E-state index >= 15 is 0 Å². The number of hydrazone groups is 1. The number of nitrogens with one attached hydrogen (secondary N) is 2. The van der Waals surface area contributed by atoms with Crippen molar-refractivity contribution in [3.05, 3.63) is 35.5 Å². The normalized spacial score (nSPS) is 27.9. The van der Waals surface area contributed by atoms with Crippen LogP contribution in [0.1, 0.15) is 31.0 Å². The first-order valence-electron chi connectivity index (χ1n) is 10.4. The Morgan fingerprint density at radius 1 is 1.33 bits per heavy atom. The van der Waals surface area contributed by atoms with E-state index in [1.165, 1.54) is 7.11 Å². The van der Waals surface area contributed by atoms with Crippen molar-refractivity contribution >= 4 is 28.6 Å². The molecule has 1 saturated heterocycles. The van der Waals surface area contributed by atoms with Gasteiger partial charge < -0.3 is 20.4 Å². The van der Waals surface area contributed by atoms with Crippen molar-refractivity contribution in [1.82, 2.24) is 15.3 Å². The summed E-state index contributed by atoms with van der Waals surface area (Å²) in [6.45, 7) is 3.06. The quantitative estimate of drug-likeness (QED) is 0.531. The highest BCUT2D eigenvalue weighted by molar-refractivity contribution is 6.06. The van der Waals surface area contributed by atoms with Crippen LogP contribution in [0.5, 0.6) is 0 Å². The fourth-order valence-electron chi connectivity index (χ4n) is 5.39. The Hall–Kier alpha value is -2.87. The zero-order valence-electron chi connectivity index (χ0n) is 17.6. The first-order valence-corrected chi connectivity index (χ1v) is 10.4. The lowest BCUT2D eigenvalue weighted by atomic mass is 9.67. The molecule has 8 heteroatoms. The molecule has 0 spiro atoms. The van der Waals surface area contributed by atoms with Gasteiger partial charge in [-0.2, -0.15) is 5.10 Å². The molecular formula is C22H29N5O3. The van der Waals surface area contributed by atoms with E-state index in [-0.39, 0.29) is 23.8 Å². The minimum absolute atomic E-state index is 0.0360. The van der Waals surface area contributed by atoms with Crippen LogP contribution in [0, 0.1) is 17.8 Å². The van der Waals surface area contributed by atoms with Crippen molar-refractivity contribution in [1.29, 1.82) is 0 Å². The molecule has 4 rings (SSSR count). The predicted molar refractivity (Wildman–Crippen MR) is 115 cm³/mol. The van der Waals surface area contributed by atoms with Gasteiger partial charge in [0.15, 0.2) is 0 Å². The topological polar surface area (TPSA) is 113 Å². The van der Waals surface area contributed by atoms with E-state index in [0.717, 1.165) is 40.8 Å². The molecule has 1 aliphatic heterocycles. The Balaban J connectivity index is 1.92. The Labute approximate surface area is 175 Å². The number of likely N-dealkylation sites (N-methyl/N-ethyl adjacent to an activating group) is 1. The minimum atomic E-state index is -0.708. The third-order valence-corrected chi connectivity index (χ3v) is 6.81. The van der Waals surface area contributed by atoms with E-state index in [2.05, 4.69) is 40.4 Å². The molecule has 1 aromatic carbocycles. The Morgan fingerprint density at radius 2 is 2.10 bits per heavy atom. The molecule has 4 N–H and O–H groups in total. The van der Waals surface area contributed by atoms with Gasteiger partial charge in [-0.25, -0.2) is 10.2 Å². The standard InChI is InChI=1S/C22H29N5O3/c1-4-12-11-27(2)18-10-15-13-7-5-6-8-16(13)24-20(15)17(25-26-22(23)29)9-14(12)19(18)21(28)30-3/h5-8,12,14,18-19,24H,4,9-11H2,1-3H3,(H3,23,26,29)/b25-17+/t12-,14+,18-,19-/m0/s1. The highest BCUT2D eigenvalue weighted by Crippen LogP contribution is 2.42. The van der Waals surface area contributed by atoms with Crippen LogP contribution in [0.15, 0.2) is 29.4 Å². The fourth-order valence-corrected chi connectivity index (χ4v) is 5.39. The zero-order valence-corrected chi connectivity index (χ0v) is 17.6. The number of ether oxygens (including phenoxy) is 1. The number of piperidine rings is 1. The molecule has 2 heterocycles. The van der Waals surface area contributed by atoms with E-state index < -0.39 is 6.03 Å². The zero-order chi connectivity index (χ0) is 21.4. The summed E-state index contributed by atoms with van der Waals surface area (Å²) in [7, 11) is 3.55. The maximum atomic E-state index is 13.0. The molecule has 1 fully saturated rings. The molecule has 160 valence electrons. The first-order chi connectivity index (χ1) is 14.4. The predicted octanol–water partition coefficient (Wildman–Crippen LogP) is 2.23. The molecule has 8 nitrogen and oxygen atoms in total. The Morgan fingerprint density at radius 3 is 2.80 bits per heavy atom.